The fraction of sp³-hybridized carbons (Fsp3) is 0.267. The summed E-state index contributed by atoms with van der Waals surface area (Å²) < 4.78 is 6.97. The zero-order chi connectivity index (χ0) is 16.2. The highest BCUT2D eigenvalue weighted by Crippen LogP contribution is 2.25. The van der Waals surface area contributed by atoms with Gasteiger partial charge in [0.1, 0.15) is 11.5 Å². The minimum Gasteiger partial charge on any atom is -0.360 e. The van der Waals surface area contributed by atoms with Crippen LogP contribution in [0.2, 0.25) is 5.02 Å². The zero-order valence-electron chi connectivity index (χ0n) is 12.5. The lowest BCUT2D eigenvalue weighted by Crippen LogP contribution is -2.17. The van der Waals surface area contributed by atoms with Gasteiger partial charge >= 0.3 is 5.69 Å². The van der Waals surface area contributed by atoms with Crippen molar-refractivity contribution < 1.29 is 4.52 Å². The van der Waals surface area contributed by atoms with E-state index in [1.54, 1.807) is 4.57 Å². The summed E-state index contributed by atoms with van der Waals surface area (Å²) in [6.45, 7) is 2.66. The smallest absolute Gasteiger partial charge is 0.343 e. The molecular weight excluding hydrogens is 336 g/mol. The largest absolute Gasteiger partial charge is 0.360 e. The van der Waals surface area contributed by atoms with Crippen molar-refractivity contribution in [3.05, 3.63) is 51.6 Å². The second kappa shape index (κ2) is 7.06. The SMILES string of the molecule is CCCn1c(SCc2cc(-c3ccc(Cl)cc3)no2)n[nH]c1=O. The van der Waals surface area contributed by atoms with Gasteiger partial charge in [0, 0.05) is 23.2 Å². The summed E-state index contributed by atoms with van der Waals surface area (Å²) in [5, 5.41) is 11.9. The molecule has 0 unspecified atom stereocenters. The number of nitrogens with zero attached hydrogens (tertiary/aromatic N) is 3. The molecule has 0 amide bonds. The van der Waals surface area contributed by atoms with Gasteiger partial charge in [-0.3, -0.25) is 4.57 Å². The van der Waals surface area contributed by atoms with Crippen LogP contribution in [0, 0.1) is 0 Å². The first kappa shape index (κ1) is 15.9. The molecule has 1 aromatic carbocycles. The summed E-state index contributed by atoms with van der Waals surface area (Å²) in [5.74, 6) is 1.27. The first-order chi connectivity index (χ1) is 11.2. The van der Waals surface area contributed by atoms with Gasteiger partial charge < -0.3 is 4.52 Å². The average molecular weight is 351 g/mol. The number of benzene rings is 1. The van der Waals surface area contributed by atoms with Crippen LogP contribution >= 0.6 is 23.4 Å². The molecule has 6 nitrogen and oxygen atoms in total. The highest BCUT2D eigenvalue weighted by molar-refractivity contribution is 7.98. The Morgan fingerprint density at radius 1 is 1.35 bits per heavy atom. The number of aromatic amines is 1. The number of rotatable bonds is 6. The quantitative estimate of drug-likeness (QED) is 0.687. The number of aromatic nitrogens is 4. The summed E-state index contributed by atoms with van der Waals surface area (Å²) in [4.78, 5) is 11.6. The van der Waals surface area contributed by atoms with Gasteiger partial charge in [0.05, 0.1) is 5.75 Å². The van der Waals surface area contributed by atoms with Crippen molar-refractivity contribution in [2.75, 3.05) is 0 Å². The molecule has 0 saturated carbocycles. The molecule has 0 aliphatic heterocycles. The molecule has 0 aliphatic rings. The van der Waals surface area contributed by atoms with E-state index in [0.717, 1.165) is 23.4 Å². The van der Waals surface area contributed by atoms with Crippen LogP contribution in [0.25, 0.3) is 11.3 Å². The summed E-state index contributed by atoms with van der Waals surface area (Å²) in [6, 6.07) is 9.29. The molecule has 0 fully saturated rings. The molecule has 0 radical (unpaired) electrons. The average Bonchev–Trinajstić information content (AvgIpc) is 3.15. The number of nitrogens with one attached hydrogen (secondary N) is 1. The molecule has 0 aliphatic carbocycles. The minimum atomic E-state index is -0.186. The Morgan fingerprint density at radius 2 is 2.13 bits per heavy atom. The molecule has 2 heterocycles. The predicted molar refractivity (Wildman–Crippen MR) is 89.6 cm³/mol. The molecule has 0 saturated heterocycles. The Kier molecular flexibility index (Phi) is 4.88. The summed E-state index contributed by atoms with van der Waals surface area (Å²) in [7, 11) is 0. The van der Waals surface area contributed by atoms with Gasteiger partial charge in [0.25, 0.3) is 0 Å². The molecule has 2 aromatic heterocycles. The molecule has 8 heteroatoms. The number of thioether (sulfide) groups is 1. The van der Waals surface area contributed by atoms with Gasteiger partial charge in [-0.2, -0.15) is 0 Å². The highest BCUT2D eigenvalue weighted by atomic mass is 35.5. The van der Waals surface area contributed by atoms with Crippen LogP contribution in [0.3, 0.4) is 0 Å². The van der Waals surface area contributed by atoms with Crippen LogP contribution in [-0.4, -0.2) is 19.9 Å². The Labute approximate surface area is 141 Å². The lowest BCUT2D eigenvalue weighted by Gasteiger charge is -2.01. The van der Waals surface area contributed by atoms with Crippen LogP contribution in [0.1, 0.15) is 19.1 Å². The number of hydrogen-bond acceptors (Lipinski definition) is 5. The second-order valence-corrected chi connectivity index (χ2v) is 6.32. The van der Waals surface area contributed by atoms with Crippen molar-refractivity contribution in [3.63, 3.8) is 0 Å². The zero-order valence-corrected chi connectivity index (χ0v) is 14.0. The summed E-state index contributed by atoms with van der Waals surface area (Å²) >= 11 is 7.32. The standard InChI is InChI=1S/C15H15ClN4O2S/c1-2-7-20-14(21)17-18-15(20)23-9-12-8-13(19-22-12)10-3-5-11(16)6-4-10/h3-6,8H,2,7,9H2,1H3,(H,17,21). The van der Waals surface area contributed by atoms with Crippen LogP contribution in [-0.2, 0) is 12.3 Å². The van der Waals surface area contributed by atoms with Crippen molar-refractivity contribution in [2.24, 2.45) is 0 Å². The van der Waals surface area contributed by atoms with E-state index in [2.05, 4.69) is 15.4 Å². The van der Waals surface area contributed by atoms with Crippen molar-refractivity contribution >= 4 is 23.4 Å². The molecule has 0 bridgehead atoms. The van der Waals surface area contributed by atoms with Gasteiger partial charge in [-0.05, 0) is 18.6 Å². The van der Waals surface area contributed by atoms with E-state index in [9.17, 15) is 4.79 Å². The molecular formula is C15H15ClN4O2S. The fourth-order valence-electron chi connectivity index (χ4n) is 2.11. The lowest BCUT2D eigenvalue weighted by atomic mass is 10.1. The van der Waals surface area contributed by atoms with E-state index in [1.807, 2.05) is 37.3 Å². The first-order valence-corrected chi connectivity index (χ1v) is 8.53. The normalized spacial score (nSPS) is 11.0. The summed E-state index contributed by atoms with van der Waals surface area (Å²) in [5.41, 5.74) is 1.51. The van der Waals surface area contributed by atoms with E-state index < -0.39 is 0 Å². The van der Waals surface area contributed by atoms with Gasteiger partial charge in [-0.1, -0.05) is 47.6 Å². The van der Waals surface area contributed by atoms with Crippen LogP contribution in [0.5, 0.6) is 0 Å². The van der Waals surface area contributed by atoms with E-state index in [4.69, 9.17) is 16.1 Å². The molecule has 1 N–H and O–H groups in total. The molecule has 3 aromatic rings. The minimum absolute atomic E-state index is 0.186. The third kappa shape index (κ3) is 3.68. The Balaban J connectivity index is 1.70. The summed E-state index contributed by atoms with van der Waals surface area (Å²) in [6.07, 6.45) is 0.871. The molecule has 0 spiro atoms. The number of H-pyrrole nitrogens is 1. The number of halogens is 1. The van der Waals surface area contributed by atoms with Gasteiger partial charge in [-0.25, -0.2) is 9.89 Å². The highest BCUT2D eigenvalue weighted by Gasteiger charge is 2.11. The maximum Gasteiger partial charge on any atom is 0.343 e. The van der Waals surface area contributed by atoms with Crippen LogP contribution in [0.4, 0.5) is 0 Å². The second-order valence-electron chi connectivity index (χ2n) is 4.94. The van der Waals surface area contributed by atoms with E-state index in [0.29, 0.717) is 22.5 Å². The lowest BCUT2D eigenvalue weighted by molar-refractivity contribution is 0.397. The fourth-order valence-corrected chi connectivity index (χ4v) is 3.08. The monoisotopic (exact) mass is 350 g/mol. The van der Waals surface area contributed by atoms with Gasteiger partial charge in [-0.15, -0.1) is 5.10 Å². The predicted octanol–water partition coefficient (Wildman–Crippen LogP) is 3.58. The topological polar surface area (TPSA) is 76.7 Å². The molecule has 0 atom stereocenters. The van der Waals surface area contributed by atoms with Crippen molar-refractivity contribution in [2.45, 2.75) is 30.8 Å². The van der Waals surface area contributed by atoms with Crippen molar-refractivity contribution in [1.29, 1.82) is 0 Å². The maximum absolute atomic E-state index is 11.6. The van der Waals surface area contributed by atoms with Gasteiger partial charge in [0.15, 0.2) is 5.16 Å². The van der Waals surface area contributed by atoms with Crippen LogP contribution < -0.4 is 5.69 Å². The third-order valence-electron chi connectivity index (χ3n) is 3.21. The number of hydrogen-bond donors (Lipinski definition) is 1. The molecule has 23 heavy (non-hydrogen) atoms. The third-order valence-corrected chi connectivity index (χ3v) is 4.46. The van der Waals surface area contributed by atoms with Crippen LogP contribution in [0.15, 0.2) is 44.8 Å². The first-order valence-electron chi connectivity index (χ1n) is 7.17. The maximum atomic E-state index is 11.6. The van der Waals surface area contributed by atoms with E-state index in [1.165, 1.54) is 11.8 Å². The van der Waals surface area contributed by atoms with E-state index >= 15 is 0 Å². The van der Waals surface area contributed by atoms with E-state index in [-0.39, 0.29) is 5.69 Å². The Morgan fingerprint density at radius 3 is 2.87 bits per heavy atom. The van der Waals surface area contributed by atoms with Crippen molar-refractivity contribution in [3.8, 4) is 11.3 Å². The Hall–Kier alpha value is -1.99. The van der Waals surface area contributed by atoms with Crippen molar-refractivity contribution in [1.82, 2.24) is 19.9 Å². The van der Waals surface area contributed by atoms with Gasteiger partial charge in [0.2, 0.25) is 0 Å². The molecule has 3 rings (SSSR count). The Bertz CT molecular complexity index is 838. The molecule has 120 valence electrons.